The van der Waals surface area contributed by atoms with Gasteiger partial charge in [0.05, 0.1) is 0 Å². The van der Waals surface area contributed by atoms with Gasteiger partial charge in [-0.1, -0.05) is 0 Å². The SMILES string of the molecule is CN1C(C)(C)CC(=O)CC1(C)C.I. The van der Waals surface area contributed by atoms with Crippen molar-refractivity contribution in [2.45, 2.75) is 51.6 Å². The molecule has 78 valence electrons. The van der Waals surface area contributed by atoms with Crippen LogP contribution in [0.1, 0.15) is 40.5 Å². The molecule has 13 heavy (non-hydrogen) atoms. The van der Waals surface area contributed by atoms with E-state index in [1.807, 2.05) is 0 Å². The Kier molecular flexibility index (Phi) is 3.95. The zero-order valence-electron chi connectivity index (χ0n) is 9.18. The van der Waals surface area contributed by atoms with E-state index in [1.165, 1.54) is 0 Å². The van der Waals surface area contributed by atoms with Crippen LogP contribution in [0.3, 0.4) is 0 Å². The molecule has 0 spiro atoms. The fourth-order valence-corrected chi connectivity index (χ4v) is 2.08. The number of nitrogens with zero attached hydrogens (tertiary/aromatic N) is 1. The van der Waals surface area contributed by atoms with Crippen LogP contribution in [-0.4, -0.2) is 28.8 Å². The molecule has 0 radical (unpaired) electrons. The second-order valence-corrected chi connectivity index (χ2v) is 5.08. The van der Waals surface area contributed by atoms with Crippen molar-refractivity contribution in [1.82, 2.24) is 4.90 Å². The summed E-state index contributed by atoms with van der Waals surface area (Å²) >= 11 is 0. The van der Waals surface area contributed by atoms with E-state index in [2.05, 4.69) is 39.6 Å². The van der Waals surface area contributed by atoms with Gasteiger partial charge >= 0.3 is 0 Å². The van der Waals surface area contributed by atoms with Crippen LogP contribution in [0.25, 0.3) is 0 Å². The first-order valence-electron chi connectivity index (χ1n) is 4.51. The molecule has 0 unspecified atom stereocenters. The lowest BCUT2D eigenvalue weighted by molar-refractivity contribution is -0.131. The third kappa shape index (κ3) is 2.65. The summed E-state index contributed by atoms with van der Waals surface area (Å²) in [6, 6.07) is 0. The molecule has 0 amide bonds. The lowest BCUT2D eigenvalue weighted by Gasteiger charge is -2.50. The average Bonchev–Trinajstić information content (AvgIpc) is 1.80. The molecular formula is C10H20INO. The average molecular weight is 297 g/mol. The minimum absolute atomic E-state index is 0. The highest BCUT2D eigenvalue weighted by Gasteiger charge is 2.42. The van der Waals surface area contributed by atoms with Gasteiger partial charge in [0.1, 0.15) is 5.78 Å². The van der Waals surface area contributed by atoms with Crippen LogP contribution in [-0.2, 0) is 4.79 Å². The van der Waals surface area contributed by atoms with Gasteiger partial charge < -0.3 is 0 Å². The molecule has 0 aromatic carbocycles. The summed E-state index contributed by atoms with van der Waals surface area (Å²) in [6.45, 7) is 8.52. The normalized spacial score (nSPS) is 26.7. The molecule has 1 rings (SSSR count). The number of hydrogen-bond donors (Lipinski definition) is 0. The zero-order valence-corrected chi connectivity index (χ0v) is 11.5. The smallest absolute Gasteiger partial charge is 0.136 e. The van der Waals surface area contributed by atoms with Crippen molar-refractivity contribution in [3.8, 4) is 0 Å². The van der Waals surface area contributed by atoms with Gasteiger partial charge in [-0.25, -0.2) is 0 Å². The summed E-state index contributed by atoms with van der Waals surface area (Å²) in [5.74, 6) is 0.392. The van der Waals surface area contributed by atoms with Crippen molar-refractivity contribution in [2.24, 2.45) is 0 Å². The third-order valence-corrected chi connectivity index (χ3v) is 3.08. The Morgan fingerprint density at radius 3 is 1.69 bits per heavy atom. The summed E-state index contributed by atoms with van der Waals surface area (Å²) in [6.07, 6.45) is 1.37. The number of ketones is 1. The summed E-state index contributed by atoms with van der Waals surface area (Å²) in [5.41, 5.74) is 0.0532. The molecule has 1 aliphatic heterocycles. The van der Waals surface area contributed by atoms with Gasteiger partial charge in [-0.3, -0.25) is 9.69 Å². The Morgan fingerprint density at radius 2 is 1.38 bits per heavy atom. The van der Waals surface area contributed by atoms with Crippen molar-refractivity contribution in [2.75, 3.05) is 7.05 Å². The number of hydrogen-bond acceptors (Lipinski definition) is 2. The van der Waals surface area contributed by atoms with Gasteiger partial charge in [0.25, 0.3) is 0 Å². The predicted octanol–water partition coefficient (Wildman–Crippen LogP) is 2.46. The van der Waals surface area contributed by atoms with E-state index >= 15 is 0 Å². The van der Waals surface area contributed by atoms with Gasteiger partial charge in [0.15, 0.2) is 0 Å². The van der Waals surface area contributed by atoms with Crippen LogP contribution >= 0.6 is 24.0 Å². The number of likely N-dealkylation sites (tertiary alicyclic amines) is 1. The Morgan fingerprint density at radius 1 is 1.08 bits per heavy atom. The molecule has 3 heteroatoms. The number of piperidine rings is 1. The van der Waals surface area contributed by atoms with Crippen LogP contribution in [0.4, 0.5) is 0 Å². The summed E-state index contributed by atoms with van der Waals surface area (Å²) < 4.78 is 0. The highest BCUT2D eigenvalue weighted by molar-refractivity contribution is 14.0. The molecule has 1 heterocycles. The molecule has 2 nitrogen and oxygen atoms in total. The molecule has 1 fully saturated rings. The lowest BCUT2D eigenvalue weighted by Crippen LogP contribution is -2.58. The van der Waals surface area contributed by atoms with Gasteiger partial charge in [-0.05, 0) is 34.7 Å². The summed E-state index contributed by atoms with van der Waals surface area (Å²) in [4.78, 5) is 13.7. The van der Waals surface area contributed by atoms with Gasteiger partial charge in [-0.15, -0.1) is 24.0 Å². The molecule has 0 saturated carbocycles. The van der Waals surface area contributed by atoms with Crippen LogP contribution in [0.2, 0.25) is 0 Å². The van der Waals surface area contributed by atoms with Crippen molar-refractivity contribution in [1.29, 1.82) is 0 Å². The number of Topliss-reactive ketones (excluding diaryl/α,β-unsaturated/α-hetero) is 1. The quantitative estimate of drug-likeness (QED) is 0.640. The maximum Gasteiger partial charge on any atom is 0.136 e. The number of rotatable bonds is 0. The van der Waals surface area contributed by atoms with Crippen LogP contribution in [0.5, 0.6) is 0 Å². The van der Waals surface area contributed by atoms with Gasteiger partial charge in [0.2, 0.25) is 0 Å². The Labute approximate surface area is 98.1 Å². The molecule has 0 atom stereocenters. The summed E-state index contributed by atoms with van der Waals surface area (Å²) in [7, 11) is 2.10. The fourth-order valence-electron chi connectivity index (χ4n) is 2.08. The number of halogens is 1. The molecule has 0 aromatic heterocycles. The van der Waals surface area contributed by atoms with Crippen LogP contribution in [0.15, 0.2) is 0 Å². The number of carbonyl (C=O) groups excluding carboxylic acids is 1. The zero-order chi connectivity index (χ0) is 9.57. The maximum absolute atomic E-state index is 11.4. The largest absolute Gasteiger partial charge is 0.300 e. The van der Waals surface area contributed by atoms with Crippen LogP contribution < -0.4 is 0 Å². The minimum Gasteiger partial charge on any atom is -0.300 e. The first kappa shape index (κ1) is 13.4. The second kappa shape index (κ2) is 3.85. The molecule has 0 aromatic rings. The maximum atomic E-state index is 11.4. The topological polar surface area (TPSA) is 20.3 Å². The first-order chi connectivity index (χ1) is 5.26. The monoisotopic (exact) mass is 297 g/mol. The van der Waals surface area contributed by atoms with E-state index in [1.54, 1.807) is 0 Å². The van der Waals surface area contributed by atoms with E-state index in [0.29, 0.717) is 18.6 Å². The Balaban J connectivity index is 0.00000144. The molecule has 0 N–H and O–H groups in total. The van der Waals surface area contributed by atoms with E-state index in [9.17, 15) is 4.79 Å². The van der Waals surface area contributed by atoms with Crippen molar-refractivity contribution in [3.63, 3.8) is 0 Å². The molecular weight excluding hydrogens is 277 g/mol. The standard InChI is InChI=1S/C10H19NO.HI/c1-9(2)6-8(12)7-10(3,4)11(9)5;/h6-7H2,1-5H3;1H. The van der Waals surface area contributed by atoms with E-state index < -0.39 is 0 Å². The Hall–Kier alpha value is 0.360. The highest BCUT2D eigenvalue weighted by atomic mass is 127. The van der Waals surface area contributed by atoms with Crippen LogP contribution in [0, 0.1) is 0 Å². The molecule has 0 aliphatic carbocycles. The van der Waals surface area contributed by atoms with Crippen molar-refractivity contribution in [3.05, 3.63) is 0 Å². The summed E-state index contributed by atoms with van der Waals surface area (Å²) in [5, 5.41) is 0. The van der Waals surface area contributed by atoms with Crippen molar-refractivity contribution < 1.29 is 4.79 Å². The predicted molar refractivity (Wildman–Crippen MR) is 65.6 cm³/mol. The number of carbonyl (C=O) groups is 1. The van der Waals surface area contributed by atoms with E-state index in [4.69, 9.17) is 0 Å². The lowest BCUT2D eigenvalue weighted by atomic mass is 9.80. The Bertz CT molecular complexity index is 191. The highest BCUT2D eigenvalue weighted by Crippen LogP contribution is 2.34. The molecule has 0 bridgehead atoms. The first-order valence-corrected chi connectivity index (χ1v) is 4.51. The van der Waals surface area contributed by atoms with Crippen molar-refractivity contribution >= 4 is 29.8 Å². The fraction of sp³-hybridized carbons (Fsp3) is 0.900. The van der Waals surface area contributed by atoms with Gasteiger partial charge in [-0.2, -0.15) is 0 Å². The van der Waals surface area contributed by atoms with E-state index in [-0.39, 0.29) is 35.1 Å². The van der Waals surface area contributed by atoms with Gasteiger partial charge in [0, 0.05) is 23.9 Å². The molecule has 1 aliphatic rings. The molecule has 1 saturated heterocycles. The van der Waals surface area contributed by atoms with E-state index in [0.717, 1.165) is 0 Å². The second-order valence-electron chi connectivity index (χ2n) is 5.08. The minimum atomic E-state index is 0. The third-order valence-electron chi connectivity index (χ3n) is 3.08.